The summed E-state index contributed by atoms with van der Waals surface area (Å²) < 4.78 is 1.36. The van der Waals surface area contributed by atoms with Crippen molar-refractivity contribution in [3.63, 3.8) is 0 Å². The maximum absolute atomic E-state index is 3.19. The third-order valence-electron chi connectivity index (χ3n) is 3.26. The third kappa shape index (κ3) is 1.79. The standard InChI is InChI=1S/C16H15NS/c1-11-14-8-3-4-9-15(14)18-16(11)12-6-5-7-13(10-12)17-2/h3-10,17H,1-2H3. The van der Waals surface area contributed by atoms with E-state index in [0.29, 0.717) is 0 Å². The van der Waals surface area contributed by atoms with E-state index in [1.807, 2.05) is 18.4 Å². The van der Waals surface area contributed by atoms with Crippen LogP contribution >= 0.6 is 11.3 Å². The van der Waals surface area contributed by atoms with Gasteiger partial charge in [-0.05, 0) is 41.6 Å². The lowest BCUT2D eigenvalue weighted by Gasteiger charge is -2.04. The van der Waals surface area contributed by atoms with Crippen LogP contribution in [-0.4, -0.2) is 7.05 Å². The van der Waals surface area contributed by atoms with Gasteiger partial charge in [-0.15, -0.1) is 11.3 Å². The zero-order chi connectivity index (χ0) is 12.5. The van der Waals surface area contributed by atoms with Gasteiger partial charge in [-0.25, -0.2) is 0 Å². The number of nitrogens with one attached hydrogen (secondary N) is 1. The van der Waals surface area contributed by atoms with E-state index in [1.165, 1.54) is 26.1 Å². The molecule has 0 saturated heterocycles. The molecule has 1 nitrogen and oxygen atoms in total. The summed E-state index contributed by atoms with van der Waals surface area (Å²) >= 11 is 1.87. The minimum absolute atomic E-state index is 1.16. The van der Waals surface area contributed by atoms with Gasteiger partial charge >= 0.3 is 0 Å². The fourth-order valence-corrected chi connectivity index (χ4v) is 3.47. The van der Waals surface area contributed by atoms with Crippen LogP contribution in [0.2, 0.25) is 0 Å². The van der Waals surface area contributed by atoms with Gasteiger partial charge in [0.05, 0.1) is 0 Å². The summed E-state index contributed by atoms with van der Waals surface area (Å²) in [4.78, 5) is 1.37. The van der Waals surface area contributed by atoms with E-state index in [9.17, 15) is 0 Å². The fourth-order valence-electron chi connectivity index (χ4n) is 2.27. The average molecular weight is 253 g/mol. The van der Waals surface area contributed by atoms with Crippen LogP contribution in [0.1, 0.15) is 5.56 Å². The van der Waals surface area contributed by atoms with E-state index in [4.69, 9.17) is 0 Å². The topological polar surface area (TPSA) is 12.0 Å². The van der Waals surface area contributed by atoms with Crippen molar-refractivity contribution in [2.24, 2.45) is 0 Å². The van der Waals surface area contributed by atoms with Gasteiger partial charge in [-0.3, -0.25) is 0 Å². The SMILES string of the molecule is CNc1cccc(-c2sc3ccccc3c2C)c1. The zero-order valence-electron chi connectivity index (χ0n) is 10.5. The Kier molecular flexibility index (Phi) is 2.80. The van der Waals surface area contributed by atoms with E-state index >= 15 is 0 Å². The number of anilines is 1. The first-order valence-electron chi connectivity index (χ1n) is 6.06. The Hall–Kier alpha value is -1.80. The Morgan fingerprint density at radius 3 is 2.61 bits per heavy atom. The number of rotatable bonds is 2. The van der Waals surface area contributed by atoms with Gasteiger partial charge < -0.3 is 5.32 Å². The molecule has 3 aromatic rings. The molecule has 0 aliphatic rings. The van der Waals surface area contributed by atoms with Crippen LogP contribution in [0.4, 0.5) is 5.69 Å². The Labute approximate surface area is 111 Å². The predicted octanol–water partition coefficient (Wildman–Crippen LogP) is 4.92. The van der Waals surface area contributed by atoms with Crippen molar-refractivity contribution in [1.29, 1.82) is 0 Å². The van der Waals surface area contributed by atoms with E-state index in [1.54, 1.807) is 0 Å². The lowest BCUT2D eigenvalue weighted by molar-refractivity contribution is 1.50. The van der Waals surface area contributed by atoms with Crippen molar-refractivity contribution < 1.29 is 0 Å². The first-order valence-corrected chi connectivity index (χ1v) is 6.87. The van der Waals surface area contributed by atoms with Gasteiger partial charge in [0.15, 0.2) is 0 Å². The minimum atomic E-state index is 1.16. The molecule has 0 aliphatic heterocycles. The highest BCUT2D eigenvalue weighted by molar-refractivity contribution is 7.22. The number of fused-ring (bicyclic) bond motifs is 1. The Morgan fingerprint density at radius 2 is 1.83 bits per heavy atom. The first kappa shape index (κ1) is 11.3. The van der Waals surface area contributed by atoms with Crippen LogP contribution in [0.3, 0.4) is 0 Å². The molecule has 1 N–H and O–H groups in total. The average Bonchev–Trinajstić information content (AvgIpc) is 2.77. The molecule has 0 radical (unpaired) electrons. The highest BCUT2D eigenvalue weighted by atomic mass is 32.1. The summed E-state index contributed by atoms with van der Waals surface area (Å²) in [5.74, 6) is 0. The predicted molar refractivity (Wildman–Crippen MR) is 81.5 cm³/mol. The molecule has 0 bridgehead atoms. The number of benzene rings is 2. The highest BCUT2D eigenvalue weighted by Crippen LogP contribution is 2.38. The van der Waals surface area contributed by atoms with Crippen molar-refractivity contribution >= 4 is 27.1 Å². The summed E-state index contributed by atoms with van der Waals surface area (Å²) in [6.07, 6.45) is 0. The molecule has 0 unspecified atom stereocenters. The number of hydrogen-bond acceptors (Lipinski definition) is 2. The van der Waals surface area contributed by atoms with E-state index in [-0.39, 0.29) is 0 Å². The molecule has 0 fully saturated rings. The second kappa shape index (κ2) is 4.46. The molecule has 2 aromatic carbocycles. The van der Waals surface area contributed by atoms with Crippen LogP contribution in [0.5, 0.6) is 0 Å². The van der Waals surface area contributed by atoms with Crippen LogP contribution in [0.25, 0.3) is 20.5 Å². The number of thiophene rings is 1. The summed E-state index contributed by atoms with van der Waals surface area (Å²) in [6.45, 7) is 2.21. The van der Waals surface area contributed by atoms with E-state index in [2.05, 4.69) is 60.8 Å². The molecule has 1 aromatic heterocycles. The first-order chi connectivity index (χ1) is 8.79. The monoisotopic (exact) mass is 253 g/mol. The molecule has 0 aliphatic carbocycles. The van der Waals surface area contributed by atoms with Gasteiger partial charge in [-0.2, -0.15) is 0 Å². The lowest BCUT2D eigenvalue weighted by Crippen LogP contribution is -1.87. The van der Waals surface area contributed by atoms with Gasteiger partial charge in [0.25, 0.3) is 0 Å². The second-order valence-corrected chi connectivity index (χ2v) is 5.44. The van der Waals surface area contributed by atoms with Crippen molar-refractivity contribution in [3.8, 4) is 10.4 Å². The van der Waals surface area contributed by atoms with Crippen molar-refractivity contribution in [3.05, 3.63) is 54.1 Å². The van der Waals surface area contributed by atoms with Crippen LogP contribution in [-0.2, 0) is 0 Å². The van der Waals surface area contributed by atoms with Gasteiger partial charge in [0.1, 0.15) is 0 Å². The molecule has 1 heterocycles. The summed E-state index contributed by atoms with van der Waals surface area (Å²) in [7, 11) is 1.96. The Balaban J connectivity index is 2.21. The quantitative estimate of drug-likeness (QED) is 0.683. The maximum atomic E-state index is 3.19. The lowest BCUT2D eigenvalue weighted by atomic mass is 10.1. The van der Waals surface area contributed by atoms with Crippen LogP contribution < -0.4 is 5.32 Å². The molecule has 2 heteroatoms. The number of aryl methyl sites for hydroxylation is 1. The molecule has 0 amide bonds. The molecule has 0 spiro atoms. The van der Waals surface area contributed by atoms with Gasteiger partial charge in [-0.1, -0.05) is 30.3 Å². The van der Waals surface area contributed by atoms with Crippen molar-refractivity contribution in [1.82, 2.24) is 0 Å². The second-order valence-electron chi connectivity index (χ2n) is 4.38. The molecule has 90 valence electrons. The summed E-state index contributed by atoms with van der Waals surface area (Å²) in [5, 5.41) is 4.56. The zero-order valence-corrected chi connectivity index (χ0v) is 11.3. The Morgan fingerprint density at radius 1 is 1.00 bits per heavy atom. The number of hydrogen-bond donors (Lipinski definition) is 1. The largest absolute Gasteiger partial charge is 0.388 e. The van der Waals surface area contributed by atoms with Gasteiger partial charge in [0, 0.05) is 22.3 Å². The van der Waals surface area contributed by atoms with Crippen molar-refractivity contribution in [2.45, 2.75) is 6.92 Å². The summed E-state index contributed by atoms with van der Waals surface area (Å²) in [5.41, 5.74) is 3.83. The molecule has 0 atom stereocenters. The van der Waals surface area contributed by atoms with E-state index in [0.717, 1.165) is 5.69 Å². The van der Waals surface area contributed by atoms with Crippen molar-refractivity contribution in [2.75, 3.05) is 12.4 Å². The third-order valence-corrected chi connectivity index (χ3v) is 4.58. The maximum Gasteiger partial charge on any atom is 0.0385 e. The highest BCUT2D eigenvalue weighted by Gasteiger charge is 2.09. The fraction of sp³-hybridized carbons (Fsp3) is 0.125. The van der Waals surface area contributed by atoms with Crippen LogP contribution in [0, 0.1) is 6.92 Å². The molecule has 3 rings (SSSR count). The smallest absolute Gasteiger partial charge is 0.0385 e. The normalized spacial score (nSPS) is 10.8. The molecule has 18 heavy (non-hydrogen) atoms. The van der Waals surface area contributed by atoms with Gasteiger partial charge in [0.2, 0.25) is 0 Å². The molecular weight excluding hydrogens is 238 g/mol. The van der Waals surface area contributed by atoms with Crippen LogP contribution in [0.15, 0.2) is 48.5 Å². The van der Waals surface area contributed by atoms with E-state index < -0.39 is 0 Å². The minimum Gasteiger partial charge on any atom is -0.388 e. The molecule has 0 saturated carbocycles. The Bertz CT molecular complexity index is 697. The molecular formula is C16H15NS. The summed E-state index contributed by atoms with van der Waals surface area (Å²) in [6, 6.07) is 17.2.